The Balaban J connectivity index is 2.49. The maximum Gasteiger partial charge on any atom is 0.244 e. The molecule has 2 N–H and O–H groups in total. The lowest BCUT2D eigenvalue weighted by atomic mass is 10.1. The van der Waals surface area contributed by atoms with Gasteiger partial charge in [0.25, 0.3) is 0 Å². The third-order valence-corrected chi connectivity index (χ3v) is 6.28. The number of piperazine rings is 1. The summed E-state index contributed by atoms with van der Waals surface area (Å²) in [5, 5.41) is 0. The smallest absolute Gasteiger partial charge is 0.244 e. The van der Waals surface area contributed by atoms with E-state index in [1.54, 1.807) is 23.4 Å². The highest BCUT2D eigenvalue weighted by Crippen LogP contribution is 2.29. The predicted octanol–water partition coefficient (Wildman–Crippen LogP) is 1.21. The van der Waals surface area contributed by atoms with E-state index in [0.29, 0.717) is 22.7 Å². The molecule has 20 heavy (non-hydrogen) atoms. The summed E-state index contributed by atoms with van der Waals surface area (Å²) in [5.74, 6) is 0. The molecule has 1 unspecified atom stereocenters. The molecule has 1 fully saturated rings. The number of nitrogen functional groups attached to an aromatic ring is 1. The number of benzene rings is 1. The molecule has 1 heterocycles. The quantitative estimate of drug-likeness (QED) is 0.833. The summed E-state index contributed by atoms with van der Waals surface area (Å²) >= 11 is 0. The van der Waals surface area contributed by atoms with Gasteiger partial charge >= 0.3 is 0 Å². The highest BCUT2D eigenvalue weighted by atomic mass is 32.2. The summed E-state index contributed by atoms with van der Waals surface area (Å²) in [6, 6.07) is 3.51. The highest BCUT2D eigenvalue weighted by molar-refractivity contribution is 7.89. The normalized spacial score (nSPS) is 22.1. The minimum atomic E-state index is -3.49. The van der Waals surface area contributed by atoms with E-state index in [9.17, 15) is 8.42 Å². The maximum atomic E-state index is 13.0. The van der Waals surface area contributed by atoms with Crippen LogP contribution in [0.15, 0.2) is 17.0 Å². The SMILES string of the molecule is Cc1ccc(N)c(C)c1S(=O)(=O)N1CCN(C)CC1C. The third-order valence-electron chi connectivity index (χ3n) is 3.98. The zero-order valence-corrected chi connectivity index (χ0v) is 13.4. The number of nitrogens with two attached hydrogens (primary N) is 1. The number of sulfonamides is 1. The fourth-order valence-electron chi connectivity index (χ4n) is 2.84. The summed E-state index contributed by atoms with van der Waals surface area (Å²) in [4.78, 5) is 2.52. The van der Waals surface area contributed by atoms with Crippen molar-refractivity contribution < 1.29 is 8.42 Å². The molecule has 5 nitrogen and oxygen atoms in total. The van der Waals surface area contributed by atoms with Crippen LogP contribution in [0.25, 0.3) is 0 Å². The molecular weight excluding hydrogens is 274 g/mol. The summed E-state index contributed by atoms with van der Waals surface area (Å²) < 4.78 is 27.5. The molecule has 1 aliphatic rings. The topological polar surface area (TPSA) is 66.6 Å². The van der Waals surface area contributed by atoms with Crippen molar-refractivity contribution in [3.63, 3.8) is 0 Å². The standard InChI is InChI=1S/C14H23N3O2S/c1-10-5-6-13(15)12(3)14(10)20(18,19)17-8-7-16(4)9-11(17)2/h5-6,11H,7-9,15H2,1-4H3. The lowest BCUT2D eigenvalue weighted by molar-refractivity contribution is 0.170. The Morgan fingerprint density at radius 3 is 2.50 bits per heavy atom. The second-order valence-corrected chi connectivity index (χ2v) is 7.48. The number of nitrogens with zero attached hydrogens (tertiary/aromatic N) is 2. The Kier molecular flexibility index (Phi) is 4.09. The molecule has 0 aliphatic carbocycles. The van der Waals surface area contributed by atoms with Crippen LogP contribution in [0.2, 0.25) is 0 Å². The Bertz CT molecular complexity index is 613. The first-order chi connectivity index (χ1) is 9.25. The van der Waals surface area contributed by atoms with E-state index in [-0.39, 0.29) is 6.04 Å². The van der Waals surface area contributed by atoms with Crippen LogP contribution in [-0.4, -0.2) is 50.3 Å². The fraction of sp³-hybridized carbons (Fsp3) is 0.571. The van der Waals surface area contributed by atoms with Crippen LogP contribution >= 0.6 is 0 Å². The van der Waals surface area contributed by atoms with E-state index in [0.717, 1.165) is 18.7 Å². The number of likely N-dealkylation sites (N-methyl/N-ethyl adjacent to an activating group) is 1. The molecule has 1 aromatic rings. The van der Waals surface area contributed by atoms with Gasteiger partial charge in [0.15, 0.2) is 0 Å². The van der Waals surface area contributed by atoms with Gasteiger partial charge in [-0.2, -0.15) is 4.31 Å². The molecular formula is C14H23N3O2S. The van der Waals surface area contributed by atoms with Crippen LogP contribution in [0, 0.1) is 13.8 Å². The van der Waals surface area contributed by atoms with E-state index in [2.05, 4.69) is 4.90 Å². The number of aryl methyl sites for hydroxylation is 1. The molecule has 112 valence electrons. The van der Waals surface area contributed by atoms with Crippen molar-refractivity contribution in [1.29, 1.82) is 0 Å². The molecule has 0 radical (unpaired) electrons. The Labute approximate surface area is 121 Å². The molecule has 0 spiro atoms. The van der Waals surface area contributed by atoms with Crippen molar-refractivity contribution in [3.05, 3.63) is 23.3 Å². The summed E-state index contributed by atoms with van der Waals surface area (Å²) in [5.41, 5.74) is 7.81. The lowest BCUT2D eigenvalue weighted by Crippen LogP contribution is -2.52. The van der Waals surface area contributed by atoms with Crippen molar-refractivity contribution in [2.45, 2.75) is 31.7 Å². The molecule has 1 saturated heterocycles. The van der Waals surface area contributed by atoms with Crippen LogP contribution in [-0.2, 0) is 10.0 Å². The van der Waals surface area contributed by atoms with Crippen molar-refractivity contribution in [2.75, 3.05) is 32.4 Å². The molecule has 0 amide bonds. The van der Waals surface area contributed by atoms with Crippen molar-refractivity contribution >= 4 is 15.7 Å². The van der Waals surface area contributed by atoms with Gasteiger partial charge in [-0.15, -0.1) is 0 Å². The summed E-state index contributed by atoms with van der Waals surface area (Å²) in [6.07, 6.45) is 0. The molecule has 0 saturated carbocycles. The van der Waals surface area contributed by atoms with Crippen molar-refractivity contribution in [2.24, 2.45) is 0 Å². The fourth-order valence-corrected chi connectivity index (χ4v) is 4.91. The molecule has 0 aromatic heterocycles. The minimum Gasteiger partial charge on any atom is -0.398 e. The first kappa shape index (κ1) is 15.3. The maximum absolute atomic E-state index is 13.0. The van der Waals surface area contributed by atoms with Crippen molar-refractivity contribution in [1.82, 2.24) is 9.21 Å². The van der Waals surface area contributed by atoms with E-state index in [4.69, 9.17) is 5.73 Å². The molecule has 2 rings (SSSR count). The van der Waals surface area contributed by atoms with Crippen molar-refractivity contribution in [3.8, 4) is 0 Å². The zero-order valence-electron chi connectivity index (χ0n) is 12.5. The van der Waals surface area contributed by atoms with E-state index in [1.165, 1.54) is 0 Å². The second kappa shape index (κ2) is 5.35. The van der Waals surface area contributed by atoms with Gasteiger partial charge in [-0.1, -0.05) is 6.07 Å². The zero-order chi connectivity index (χ0) is 15.1. The van der Waals surface area contributed by atoms with Crippen LogP contribution in [0.4, 0.5) is 5.69 Å². The van der Waals surface area contributed by atoms with E-state index in [1.807, 2.05) is 20.9 Å². The summed E-state index contributed by atoms with van der Waals surface area (Å²) in [6.45, 7) is 7.57. The number of anilines is 1. The number of hydrogen-bond donors (Lipinski definition) is 1. The summed E-state index contributed by atoms with van der Waals surface area (Å²) in [7, 11) is -1.48. The van der Waals surface area contributed by atoms with E-state index < -0.39 is 10.0 Å². The molecule has 1 atom stereocenters. The van der Waals surface area contributed by atoms with Gasteiger partial charge in [-0.3, -0.25) is 0 Å². The average Bonchev–Trinajstić information content (AvgIpc) is 2.33. The second-order valence-electron chi connectivity index (χ2n) is 5.65. The van der Waals surface area contributed by atoms with Crippen LogP contribution in [0.1, 0.15) is 18.1 Å². The molecule has 1 aromatic carbocycles. The Hall–Kier alpha value is -1.11. The van der Waals surface area contributed by atoms with Gasteiger partial charge in [0.05, 0.1) is 4.90 Å². The average molecular weight is 297 g/mol. The van der Waals surface area contributed by atoms with Gasteiger partial charge in [-0.25, -0.2) is 8.42 Å². The molecule has 0 bridgehead atoms. The monoisotopic (exact) mass is 297 g/mol. The van der Waals surface area contributed by atoms with Gasteiger partial charge in [0.1, 0.15) is 0 Å². The van der Waals surface area contributed by atoms with Gasteiger partial charge in [0.2, 0.25) is 10.0 Å². The first-order valence-electron chi connectivity index (χ1n) is 6.81. The van der Waals surface area contributed by atoms with Gasteiger partial charge in [-0.05, 0) is 45.0 Å². The predicted molar refractivity (Wildman–Crippen MR) is 81.2 cm³/mol. The largest absolute Gasteiger partial charge is 0.398 e. The molecule has 1 aliphatic heterocycles. The van der Waals surface area contributed by atoms with Crippen LogP contribution in [0.3, 0.4) is 0 Å². The first-order valence-corrected chi connectivity index (χ1v) is 8.25. The minimum absolute atomic E-state index is 0.0287. The van der Waals surface area contributed by atoms with E-state index >= 15 is 0 Å². The lowest BCUT2D eigenvalue weighted by Gasteiger charge is -2.37. The third kappa shape index (κ3) is 2.55. The highest BCUT2D eigenvalue weighted by Gasteiger charge is 2.34. The van der Waals surface area contributed by atoms with Crippen LogP contribution < -0.4 is 5.73 Å². The molecule has 6 heteroatoms. The Morgan fingerprint density at radius 1 is 1.25 bits per heavy atom. The van der Waals surface area contributed by atoms with Crippen LogP contribution in [0.5, 0.6) is 0 Å². The number of rotatable bonds is 2. The number of hydrogen-bond acceptors (Lipinski definition) is 4. The van der Waals surface area contributed by atoms with Gasteiger partial charge in [0, 0.05) is 31.4 Å². The van der Waals surface area contributed by atoms with Gasteiger partial charge < -0.3 is 10.6 Å². The Morgan fingerprint density at radius 2 is 1.90 bits per heavy atom.